The average Bonchev–Trinajstić information content (AvgIpc) is 3.17. The maximum absolute atomic E-state index is 12.4. The van der Waals surface area contributed by atoms with Crippen LogP contribution in [-0.4, -0.2) is 22.7 Å². The number of halogens is 2. The number of benzene rings is 2. The molecule has 0 aliphatic carbocycles. The Balaban J connectivity index is 1.75. The Kier molecular flexibility index (Phi) is 5.55. The van der Waals surface area contributed by atoms with Crippen molar-refractivity contribution in [2.24, 2.45) is 0 Å². The number of hydrogen-bond acceptors (Lipinski definition) is 5. The maximum Gasteiger partial charge on any atom is 0.387 e. The van der Waals surface area contributed by atoms with Gasteiger partial charge in [0, 0.05) is 22.9 Å². The Bertz CT molecular complexity index is 957. The molecule has 0 spiro atoms. The van der Waals surface area contributed by atoms with E-state index < -0.39 is 12.5 Å². The molecular weight excluding hydrogens is 356 g/mol. The topological polar surface area (TPSA) is 77.3 Å². The van der Waals surface area contributed by atoms with Crippen LogP contribution >= 0.6 is 0 Å². The second-order valence-corrected chi connectivity index (χ2v) is 5.51. The van der Waals surface area contributed by atoms with E-state index in [-0.39, 0.29) is 5.75 Å². The first-order valence-corrected chi connectivity index (χ1v) is 7.93. The van der Waals surface area contributed by atoms with Gasteiger partial charge in [0.1, 0.15) is 5.75 Å². The van der Waals surface area contributed by atoms with Gasteiger partial charge in [0.25, 0.3) is 0 Å². The number of rotatable bonds is 6. The van der Waals surface area contributed by atoms with Crippen LogP contribution in [0, 0.1) is 6.92 Å². The van der Waals surface area contributed by atoms with Crippen molar-refractivity contribution in [2.45, 2.75) is 13.5 Å². The van der Waals surface area contributed by atoms with Crippen LogP contribution in [0.4, 0.5) is 14.5 Å². The summed E-state index contributed by atoms with van der Waals surface area (Å²) in [6.07, 6.45) is 3.87. The molecule has 0 aliphatic heterocycles. The summed E-state index contributed by atoms with van der Waals surface area (Å²) in [6, 6.07) is 11.5. The Morgan fingerprint density at radius 3 is 2.81 bits per heavy atom. The second-order valence-electron chi connectivity index (χ2n) is 5.51. The SMILES string of the molecule is Cc1ccc(-c2nnco2)cc1NC(=O)/C=C/c1ccccc1OC(F)F. The van der Waals surface area contributed by atoms with Crippen molar-refractivity contribution in [1.29, 1.82) is 0 Å². The molecule has 3 aromatic rings. The minimum atomic E-state index is -2.94. The molecule has 1 amide bonds. The average molecular weight is 371 g/mol. The van der Waals surface area contributed by atoms with Crippen LogP contribution in [0.3, 0.4) is 0 Å². The second kappa shape index (κ2) is 8.22. The molecule has 1 N–H and O–H groups in total. The van der Waals surface area contributed by atoms with E-state index in [4.69, 9.17) is 4.42 Å². The van der Waals surface area contributed by atoms with Crippen molar-refractivity contribution in [3.63, 3.8) is 0 Å². The zero-order valence-electron chi connectivity index (χ0n) is 14.2. The minimum Gasteiger partial charge on any atom is -0.434 e. The van der Waals surface area contributed by atoms with Gasteiger partial charge in [0.15, 0.2) is 0 Å². The highest BCUT2D eigenvalue weighted by Crippen LogP contribution is 2.24. The van der Waals surface area contributed by atoms with Crippen LogP contribution in [0.25, 0.3) is 17.5 Å². The third-order valence-electron chi connectivity index (χ3n) is 3.65. The molecule has 138 valence electrons. The fourth-order valence-electron chi connectivity index (χ4n) is 2.35. The van der Waals surface area contributed by atoms with Crippen molar-refractivity contribution in [2.75, 3.05) is 5.32 Å². The summed E-state index contributed by atoms with van der Waals surface area (Å²) in [4.78, 5) is 12.2. The standard InChI is InChI=1S/C19H15F2N3O3/c1-12-6-7-14(18-24-22-11-26-18)10-15(12)23-17(25)9-8-13-4-2-3-5-16(13)27-19(20)21/h2-11,19H,1H3,(H,23,25)/b9-8+. The predicted octanol–water partition coefficient (Wildman–Crippen LogP) is 4.30. The first-order valence-electron chi connectivity index (χ1n) is 7.93. The van der Waals surface area contributed by atoms with Gasteiger partial charge in [-0.3, -0.25) is 4.79 Å². The number of ether oxygens (including phenoxy) is 1. The van der Waals surface area contributed by atoms with E-state index in [1.807, 2.05) is 13.0 Å². The quantitative estimate of drug-likeness (QED) is 0.654. The van der Waals surface area contributed by atoms with Crippen LogP contribution in [-0.2, 0) is 4.79 Å². The number of hydrogen-bond donors (Lipinski definition) is 1. The zero-order chi connectivity index (χ0) is 19.2. The number of anilines is 1. The summed E-state index contributed by atoms with van der Waals surface area (Å²) < 4.78 is 34.5. The largest absolute Gasteiger partial charge is 0.434 e. The van der Waals surface area contributed by atoms with Gasteiger partial charge in [-0.2, -0.15) is 8.78 Å². The number of para-hydroxylation sites is 1. The Labute approximate surface area is 153 Å². The number of alkyl halides is 2. The predicted molar refractivity (Wildman–Crippen MR) is 95.2 cm³/mol. The normalized spacial score (nSPS) is 11.1. The smallest absolute Gasteiger partial charge is 0.387 e. The van der Waals surface area contributed by atoms with E-state index in [9.17, 15) is 13.6 Å². The molecule has 0 unspecified atom stereocenters. The molecule has 0 radical (unpaired) electrons. The first-order chi connectivity index (χ1) is 13.0. The summed E-state index contributed by atoms with van der Waals surface area (Å²) in [5.74, 6) is -0.0992. The van der Waals surface area contributed by atoms with E-state index >= 15 is 0 Å². The molecule has 3 rings (SSSR count). The summed E-state index contributed by atoms with van der Waals surface area (Å²) in [7, 11) is 0. The number of aryl methyl sites for hydroxylation is 1. The monoisotopic (exact) mass is 371 g/mol. The van der Waals surface area contributed by atoms with E-state index in [0.717, 1.165) is 5.56 Å². The first kappa shape index (κ1) is 18.2. The van der Waals surface area contributed by atoms with Gasteiger partial charge >= 0.3 is 6.61 Å². The highest BCUT2D eigenvalue weighted by Gasteiger charge is 2.10. The number of amides is 1. The summed E-state index contributed by atoms with van der Waals surface area (Å²) >= 11 is 0. The summed E-state index contributed by atoms with van der Waals surface area (Å²) in [6.45, 7) is -1.11. The van der Waals surface area contributed by atoms with Crippen molar-refractivity contribution in [3.8, 4) is 17.2 Å². The highest BCUT2D eigenvalue weighted by atomic mass is 19.3. The zero-order valence-corrected chi connectivity index (χ0v) is 14.2. The van der Waals surface area contributed by atoms with Gasteiger partial charge in [0.2, 0.25) is 18.2 Å². The molecule has 2 aromatic carbocycles. The fraction of sp³-hybridized carbons (Fsp3) is 0.105. The molecule has 0 fully saturated rings. The van der Waals surface area contributed by atoms with Crippen LogP contribution < -0.4 is 10.1 Å². The van der Waals surface area contributed by atoms with Crippen LogP contribution in [0.5, 0.6) is 5.75 Å². The Morgan fingerprint density at radius 1 is 1.26 bits per heavy atom. The molecule has 0 saturated carbocycles. The van der Waals surface area contributed by atoms with Gasteiger partial charge in [-0.1, -0.05) is 24.3 Å². The van der Waals surface area contributed by atoms with Gasteiger partial charge in [-0.25, -0.2) is 0 Å². The molecule has 1 aromatic heterocycles. The van der Waals surface area contributed by atoms with Gasteiger partial charge < -0.3 is 14.5 Å². The number of nitrogens with zero attached hydrogens (tertiary/aromatic N) is 2. The molecular formula is C19H15F2N3O3. The molecule has 6 nitrogen and oxygen atoms in total. The highest BCUT2D eigenvalue weighted by molar-refractivity contribution is 6.02. The van der Waals surface area contributed by atoms with E-state index in [2.05, 4.69) is 20.3 Å². The number of nitrogens with one attached hydrogen (secondary N) is 1. The van der Waals surface area contributed by atoms with Crippen LogP contribution in [0.1, 0.15) is 11.1 Å². The van der Waals surface area contributed by atoms with Gasteiger partial charge in [-0.05, 0) is 36.8 Å². The van der Waals surface area contributed by atoms with Crippen LogP contribution in [0.2, 0.25) is 0 Å². The lowest BCUT2D eigenvalue weighted by atomic mass is 10.1. The maximum atomic E-state index is 12.4. The lowest BCUT2D eigenvalue weighted by Gasteiger charge is -2.09. The lowest BCUT2D eigenvalue weighted by molar-refractivity contribution is -0.111. The molecule has 0 bridgehead atoms. The minimum absolute atomic E-state index is 0.00822. The molecule has 0 aliphatic rings. The van der Waals surface area contributed by atoms with Crippen LogP contribution in [0.15, 0.2) is 59.4 Å². The summed E-state index contributed by atoms with van der Waals surface area (Å²) in [5.41, 5.74) is 2.43. The Hall–Kier alpha value is -3.55. The van der Waals surface area contributed by atoms with E-state index in [0.29, 0.717) is 22.7 Å². The molecule has 0 saturated heterocycles. The summed E-state index contributed by atoms with van der Waals surface area (Å²) in [5, 5.41) is 10.2. The van der Waals surface area contributed by atoms with Crippen molar-refractivity contribution in [3.05, 3.63) is 66.1 Å². The van der Waals surface area contributed by atoms with Crippen molar-refractivity contribution >= 4 is 17.7 Å². The Morgan fingerprint density at radius 2 is 2.07 bits per heavy atom. The lowest BCUT2D eigenvalue weighted by Crippen LogP contribution is -2.09. The third-order valence-corrected chi connectivity index (χ3v) is 3.65. The number of carbonyl (C=O) groups is 1. The molecule has 27 heavy (non-hydrogen) atoms. The molecule has 1 heterocycles. The third kappa shape index (κ3) is 4.75. The van der Waals surface area contributed by atoms with Gasteiger partial charge in [-0.15, -0.1) is 10.2 Å². The van der Waals surface area contributed by atoms with Gasteiger partial charge in [0.05, 0.1) is 0 Å². The number of aromatic nitrogens is 2. The van der Waals surface area contributed by atoms with Crippen molar-refractivity contribution in [1.82, 2.24) is 10.2 Å². The van der Waals surface area contributed by atoms with Crippen molar-refractivity contribution < 1.29 is 22.7 Å². The molecule has 0 atom stereocenters. The van der Waals surface area contributed by atoms with E-state index in [1.165, 1.54) is 24.6 Å². The van der Waals surface area contributed by atoms with E-state index in [1.54, 1.807) is 30.3 Å². The fourth-order valence-corrected chi connectivity index (χ4v) is 2.35. The number of carbonyl (C=O) groups excluding carboxylic acids is 1. The molecule has 8 heteroatoms.